The molecule has 0 bridgehead atoms. The van der Waals surface area contributed by atoms with Gasteiger partial charge in [0, 0.05) is 0 Å². The van der Waals surface area contributed by atoms with Gasteiger partial charge in [-0.2, -0.15) is 0 Å². The number of hydrogen-bond donors (Lipinski definition) is 2. The number of ether oxygens (including phenoxy) is 1. The van der Waals surface area contributed by atoms with E-state index in [0.29, 0.717) is 0 Å². The van der Waals surface area contributed by atoms with E-state index >= 15 is 0 Å². The number of carbonyl (C=O) groups excluding carboxylic acids is 1. The lowest BCUT2D eigenvalue weighted by atomic mass is 9.94. The Labute approximate surface area is 118 Å². The predicted octanol–water partition coefficient (Wildman–Crippen LogP) is 2.78. The first-order chi connectivity index (χ1) is 9.72. The highest BCUT2D eigenvalue weighted by Gasteiger charge is 2.23. The van der Waals surface area contributed by atoms with E-state index in [1.54, 1.807) is 0 Å². The molecule has 0 aliphatic heterocycles. The van der Waals surface area contributed by atoms with Crippen molar-refractivity contribution in [2.45, 2.75) is 12.1 Å². The van der Waals surface area contributed by atoms with Gasteiger partial charge in [-0.05, 0) is 11.1 Å². The Kier molecular flexibility index (Phi) is 4.74. The first-order valence-electron chi connectivity index (χ1n) is 6.42. The lowest BCUT2D eigenvalue weighted by Gasteiger charge is -2.25. The summed E-state index contributed by atoms with van der Waals surface area (Å²) in [5, 5.41) is 2.80. The predicted molar refractivity (Wildman–Crippen MR) is 78.1 cm³/mol. The molecule has 0 aliphatic carbocycles. The van der Waals surface area contributed by atoms with E-state index in [0.717, 1.165) is 11.1 Å². The molecule has 20 heavy (non-hydrogen) atoms. The Balaban J connectivity index is 2.29. The number of rotatable bonds is 4. The third-order valence-corrected chi connectivity index (χ3v) is 3.16. The van der Waals surface area contributed by atoms with Gasteiger partial charge in [0.1, 0.15) is 0 Å². The van der Waals surface area contributed by atoms with Gasteiger partial charge in [-0.3, -0.25) is 0 Å². The van der Waals surface area contributed by atoms with Gasteiger partial charge in [0.15, 0.2) is 0 Å². The summed E-state index contributed by atoms with van der Waals surface area (Å²) in [6, 6.07) is 18.6. The maximum atomic E-state index is 11.5. The zero-order chi connectivity index (χ0) is 14.4. The summed E-state index contributed by atoms with van der Waals surface area (Å²) in [6.45, 7) is 0. The zero-order valence-electron chi connectivity index (χ0n) is 11.3. The summed E-state index contributed by atoms with van der Waals surface area (Å²) in [4.78, 5) is 11.5. The van der Waals surface area contributed by atoms with Gasteiger partial charge in [-0.15, -0.1) is 0 Å². The number of hydrogen-bond acceptors (Lipinski definition) is 3. The van der Waals surface area contributed by atoms with Crippen molar-refractivity contribution in [1.82, 2.24) is 5.32 Å². The highest BCUT2D eigenvalue weighted by atomic mass is 16.5. The summed E-state index contributed by atoms with van der Waals surface area (Å²) in [7, 11) is 1.34. The van der Waals surface area contributed by atoms with E-state index in [-0.39, 0.29) is 12.1 Å². The molecule has 3 N–H and O–H groups in total. The average molecular weight is 270 g/mol. The van der Waals surface area contributed by atoms with Gasteiger partial charge in [-0.25, -0.2) is 4.79 Å². The summed E-state index contributed by atoms with van der Waals surface area (Å²) < 4.78 is 4.68. The third-order valence-electron chi connectivity index (χ3n) is 3.16. The number of carbonyl (C=O) groups is 1. The summed E-state index contributed by atoms with van der Waals surface area (Å²) in [6.07, 6.45) is -0.495. The van der Waals surface area contributed by atoms with Gasteiger partial charge in [0.05, 0.1) is 19.2 Å². The maximum Gasteiger partial charge on any atom is 0.407 e. The lowest BCUT2D eigenvalue weighted by molar-refractivity contribution is 0.164. The molecule has 0 saturated carbocycles. The van der Waals surface area contributed by atoms with Crippen molar-refractivity contribution in [2.75, 3.05) is 7.11 Å². The molecule has 0 radical (unpaired) electrons. The lowest BCUT2D eigenvalue weighted by Crippen LogP contribution is -2.35. The minimum absolute atomic E-state index is 0.342. The molecular weight excluding hydrogens is 252 g/mol. The van der Waals surface area contributed by atoms with Crippen LogP contribution in [0.4, 0.5) is 4.79 Å². The highest BCUT2D eigenvalue weighted by Crippen LogP contribution is 2.26. The van der Waals surface area contributed by atoms with Gasteiger partial charge in [-0.1, -0.05) is 60.7 Å². The Bertz CT molecular complexity index is 543. The summed E-state index contributed by atoms with van der Waals surface area (Å²) in [5.41, 5.74) is 8.20. The van der Waals surface area contributed by atoms with Gasteiger partial charge in [0.2, 0.25) is 0 Å². The molecule has 2 rings (SSSR count). The molecule has 104 valence electrons. The first kappa shape index (κ1) is 14.1. The maximum absolute atomic E-state index is 11.5. The van der Waals surface area contributed by atoms with Gasteiger partial charge >= 0.3 is 6.09 Å². The SMILES string of the molecule is COC(=O)N[C@@H](c1ccccc1)[C@@H](N)c1ccccc1. The molecule has 0 spiro atoms. The van der Waals surface area contributed by atoms with Crippen LogP contribution in [0.3, 0.4) is 0 Å². The fourth-order valence-electron chi connectivity index (χ4n) is 2.09. The summed E-state index contributed by atoms with van der Waals surface area (Å²) in [5.74, 6) is 0. The van der Waals surface area contributed by atoms with Crippen LogP contribution in [-0.2, 0) is 4.74 Å². The van der Waals surface area contributed by atoms with Crippen LogP contribution in [0.2, 0.25) is 0 Å². The van der Waals surface area contributed by atoms with Crippen LogP contribution in [0.1, 0.15) is 23.2 Å². The third kappa shape index (κ3) is 3.36. The van der Waals surface area contributed by atoms with Crippen LogP contribution in [0, 0.1) is 0 Å². The normalized spacial score (nSPS) is 13.3. The van der Waals surface area contributed by atoms with Crippen molar-refractivity contribution in [3.05, 3.63) is 71.8 Å². The number of nitrogens with one attached hydrogen (secondary N) is 1. The number of alkyl carbamates (subject to hydrolysis) is 1. The van der Waals surface area contributed by atoms with Crippen LogP contribution in [0.5, 0.6) is 0 Å². The van der Waals surface area contributed by atoms with Crippen molar-refractivity contribution in [3.63, 3.8) is 0 Å². The second-order valence-corrected chi connectivity index (χ2v) is 4.46. The molecule has 0 saturated heterocycles. The molecule has 0 aliphatic rings. The van der Waals surface area contributed by atoms with Crippen LogP contribution >= 0.6 is 0 Å². The smallest absolute Gasteiger partial charge is 0.407 e. The standard InChI is InChI=1S/C16H18N2O2/c1-20-16(19)18-15(13-10-6-3-7-11-13)14(17)12-8-4-2-5-9-12/h2-11,14-15H,17H2,1H3,(H,18,19)/t14-,15-/m0/s1. The zero-order valence-corrected chi connectivity index (χ0v) is 11.3. The molecule has 2 aromatic carbocycles. The molecule has 0 fully saturated rings. The number of benzene rings is 2. The van der Waals surface area contributed by atoms with E-state index in [1.165, 1.54) is 7.11 Å². The van der Waals surface area contributed by atoms with Crippen molar-refractivity contribution >= 4 is 6.09 Å². The minimum Gasteiger partial charge on any atom is -0.453 e. The van der Waals surface area contributed by atoms with Crippen LogP contribution in [0.25, 0.3) is 0 Å². The first-order valence-corrected chi connectivity index (χ1v) is 6.42. The highest BCUT2D eigenvalue weighted by molar-refractivity contribution is 5.67. The average Bonchev–Trinajstić information content (AvgIpc) is 2.53. The molecule has 2 atom stereocenters. The second-order valence-electron chi connectivity index (χ2n) is 4.46. The van der Waals surface area contributed by atoms with Gasteiger partial charge in [0.25, 0.3) is 0 Å². The molecular formula is C16H18N2O2. The van der Waals surface area contributed by atoms with Crippen molar-refractivity contribution in [1.29, 1.82) is 0 Å². The second kappa shape index (κ2) is 6.73. The van der Waals surface area contributed by atoms with Crippen LogP contribution in [-0.4, -0.2) is 13.2 Å². The number of nitrogens with two attached hydrogens (primary N) is 1. The largest absolute Gasteiger partial charge is 0.453 e. The van der Waals surface area contributed by atoms with Crippen molar-refractivity contribution in [3.8, 4) is 0 Å². The van der Waals surface area contributed by atoms with E-state index < -0.39 is 6.09 Å². The minimum atomic E-state index is -0.495. The Morgan fingerprint density at radius 1 is 1.00 bits per heavy atom. The van der Waals surface area contributed by atoms with Crippen molar-refractivity contribution in [2.24, 2.45) is 5.73 Å². The van der Waals surface area contributed by atoms with Crippen molar-refractivity contribution < 1.29 is 9.53 Å². The molecule has 2 aromatic rings. The molecule has 4 nitrogen and oxygen atoms in total. The Morgan fingerprint density at radius 3 is 2.00 bits per heavy atom. The van der Waals surface area contributed by atoms with E-state index in [4.69, 9.17) is 5.73 Å². The van der Waals surface area contributed by atoms with E-state index in [9.17, 15) is 4.79 Å². The molecule has 0 unspecified atom stereocenters. The quantitative estimate of drug-likeness (QED) is 0.898. The molecule has 4 heteroatoms. The van der Waals surface area contributed by atoms with E-state index in [2.05, 4.69) is 10.1 Å². The van der Waals surface area contributed by atoms with Crippen LogP contribution in [0.15, 0.2) is 60.7 Å². The van der Waals surface area contributed by atoms with Gasteiger partial charge < -0.3 is 15.8 Å². The molecule has 0 aromatic heterocycles. The van der Waals surface area contributed by atoms with E-state index in [1.807, 2.05) is 60.7 Å². The topological polar surface area (TPSA) is 64.3 Å². The Hall–Kier alpha value is -2.33. The Morgan fingerprint density at radius 2 is 1.50 bits per heavy atom. The van der Waals surface area contributed by atoms with Crippen LogP contribution < -0.4 is 11.1 Å². The number of methoxy groups -OCH3 is 1. The molecule has 1 amide bonds. The molecule has 0 heterocycles. The summed E-state index contributed by atoms with van der Waals surface area (Å²) >= 11 is 0. The fraction of sp³-hybridized carbons (Fsp3) is 0.188. The fourth-order valence-corrected chi connectivity index (χ4v) is 2.09. The number of amides is 1. The monoisotopic (exact) mass is 270 g/mol.